The number of amides is 1. The molecule has 0 heterocycles. The van der Waals surface area contributed by atoms with Crippen molar-refractivity contribution in [2.75, 3.05) is 10.6 Å². The largest absolute Gasteiger partial charge is 0.360 e. The molecular weight excluding hydrogens is 344 g/mol. The number of unbranched alkanes of at least 4 members (excludes halogenated alkanes) is 1. The molecule has 0 atom stereocenters. The summed E-state index contributed by atoms with van der Waals surface area (Å²) in [6.45, 7) is 2.13. The van der Waals surface area contributed by atoms with Gasteiger partial charge in [-0.1, -0.05) is 25.5 Å². The lowest BCUT2D eigenvalue weighted by atomic mass is 10.1. The highest BCUT2D eigenvalue weighted by Gasteiger charge is 2.10. The Bertz CT molecular complexity index is 866. The zero-order valence-corrected chi connectivity index (χ0v) is 14.9. The molecule has 2 N–H and O–H groups in total. The van der Waals surface area contributed by atoms with Gasteiger partial charge in [-0.3, -0.25) is 14.9 Å². The maximum atomic E-state index is 12.2. The third-order valence-corrected chi connectivity index (χ3v) is 3.86. The Balaban J connectivity index is 1.99. The van der Waals surface area contributed by atoms with Crippen molar-refractivity contribution < 1.29 is 9.72 Å². The van der Waals surface area contributed by atoms with Gasteiger partial charge in [-0.15, -0.1) is 0 Å². The molecule has 0 spiro atoms. The molecule has 2 aromatic rings. The smallest absolute Gasteiger partial charge is 0.269 e. The van der Waals surface area contributed by atoms with Crippen LogP contribution in [0.3, 0.4) is 0 Å². The number of nitro groups is 1. The van der Waals surface area contributed by atoms with Gasteiger partial charge in [0.1, 0.15) is 11.6 Å². The SMILES string of the molecule is CCCCc1ccc(NC(=O)/C(C#N)=C\Nc2ccc([N+](=O)[O-])cc2)cc1. The highest BCUT2D eigenvalue weighted by molar-refractivity contribution is 6.06. The Morgan fingerprint density at radius 1 is 1.15 bits per heavy atom. The lowest BCUT2D eigenvalue weighted by molar-refractivity contribution is -0.384. The molecule has 7 heteroatoms. The van der Waals surface area contributed by atoms with Crippen LogP contribution in [0.5, 0.6) is 0 Å². The Morgan fingerprint density at radius 2 is 1.78 bits per heavy atom. The third kappa shape index (κ3) is 5.97. The summed E-state index contributed by atoms with van der Waals surface area (Å²) in [5.74, 6) is -0.534. The number of anilines is 2. The summed E-state index contributed by atoms with van der Waals surface area (Å²) in [7, 11) is 0. The lowest BCUT2D eigenvalue weighted by Gasteiger charge is -2.06. The average molecular weight is 364 g/mol. The van der Waals surface area contributed by atoms with E-state index in [0.717, 1.165) is 19.3 Å². The first-order valence-corrected chi connectivity index (χ1v) is 8.55. The number of carbonyl (C=O) groups is 1. The zero-order chi connectivity index (χ0) is 19.6. The second-order valence-corrected chi connectivity index (χ2v) is 5.87. The van der Waals surface area contributed by atoms with Crippen molar-refractivity contribution >= 4 is 23.0 Å². The molecule has 2 aromatic carbocycles. The number of rotatable bonds is 8. The van der Waals surface area contributed by atoms with Crippen LogP contribution in [0, 0.1) is 21.4 Å². The van der Waals surface area contributed by atoms with Crippen LogP contribution in [0.25, 0.3) is 0 Å². The molecule has 0 aliphatic rings. The minimum absolute atomic E-state index is 0.0369. The number of aryl methyl sites for hydroxylation is 1. The normalized spacial score (nSPS) is 10.7. The summed E-state index contributed by atoms with van der Waals surface area (Å²) in [5.41, 5.74) is 2.19. The molecule has 0 aliphatic carbocycles. The van der Waals surface area contributed by atoms with Crippen molar-refractivity contribution in [3.05, 3.63) is 76.0 Å². The summed E-state index contributed by atoms with van der Waals surface area (Å²) >= 11 is 0. The molecule has 0 saturated carbocycles. The molecule has 0 fully saturated rings. The number of hydrogen-bond acceptors (Lipinski definition) is 5. The molecule has 138 valence electrons. The van der Waals surface area contributed by atoms with E-state index < -0.39 is 10.8 Å². The summed E-state index contributed by atoms with van der Waals surface area (Å²) in [6.07, 6.45) is 4.50. The summed E-state index contributed by atoms with van der Waals surface area (Å²) in [6, 6.07) is 15.0. The van der Waals surface area contributed by atoms with E-state index in [4.69, 9.17) is 0 Å². The second kappa shape index (κ2) is 9.73. The van der Waals surface area contributed by atoms with Gasteiger partial charge in [0.05, 0.1) is 4.92 Å². The first kappa shape index (κ1) is 19.7. The van der Waals surface area contributed by atoms with Crippen LogP contribution in [0.15, 0.2) is 60.3 Å². The average Bonchev–Trinajstić information content (AvgIpc) is 2.68. The van der Waals surface area contributed by atoms with E-state index >= 15 is 0 Å². The van der Waals surface area contributed by atoms with Gasteiger partial charge in [0.15, 0.2) is 0 Å². The van der Waals surface area contributed by atoms with Gasteiger partial charge in [-0.2, -0.15) is 5.26 Å². The van der Waals surface area contributed by atoms with Gasteiger partial charge >= 0.3 is 0 Å². The van der Waals surface area contributed by atoms with E-state index in [1.165, 1.54) is 36.0 Å². The molecule has 1 amide bonds. The lowest BCUT2D eigenvalue weighted by Crippen LogP contribution is -2.14. The fourth-order valence-corrected chi connectivity index (χ4v) is 2.32. The minimum Gasteiger partial charge on any atom is -0.360 e. The van der Waals surface area contributed by atoms with E-state index in [9.17, 15) is 20.2 Å². The van der Waals surface area contributed by atoms with Crippen LogP contribution >= 0.6 is 0 Å². The van der Waals surface area contributed by atoms with Gasteiger partial charge in [-0.05, 0) is 42.7 Å². The summed E-state index contributed by atoms with van der Waals surface area (Å²) in [4.78, 5) is 22.4. The maximum Gasteiger partial charge on any atom is 0.269 e. The molecule has 0 unspecified atom stereocenters. The molecule has 0 saturated heterocycles. The first-order chi connectivity index (χ1) is 13.0. The van der Waals surface area contributed by atoms with Crippen LogP contribution in [0.4, 0.5) is 17.1 Å². The highest BCUT2D eigenvalue weighted by atomic mass is 16.6. The topological polar surface area (TPSA) is 108 Å². The van der Waals surface area contributed by atoms with Gasteiger partial charge in [0.25, 0.3) is 11.6 Å². The Hall–Kier alpha value is -3.66. The second-order valence-electron chi connectivity index (χ2n) is 5.87. The van der Waals surface area contributed by atoms with Gasteiger partial charge in [0.2, 0.25) is 0 Å². The zero-order valence-electron chi connectivity index (χ0n) is 14.9. The van der Waals surface area contributed by atoms with Gasteiger partial charge in [-0.25, -0.2) is 0 Å². The van der Waals surface area contributed by atoms with E-state index in [2.05, 4.69) is 17.6 Å². The van der Waals surface area contributed by atoms with E-state index in [0.29, 0.717) is 11.4 Å². The van der Waals surface area contributed by atoms with Crippen LogP contribution in [0.2, 0.25) is 0 Å². The van der Waals surface area contributed by atoms with Gasteiger partial charge < -0.3 is 10.6 Å². The highest BCUT2D eigenvalue weighted by Crippen LogP contribution is 2.16. The molecular formula is C20H20N4O3. The predicted molar refractivity (Wildman–Crippen MR) is 104 cm³/mol. The quantitative estimate of drug-likeness (QED) is 0.312. The molecule has 0 radical (unpaired) electrons. The number of carbonyl (C=O) groups excluding carboxylic acids is 1. The van der Waals surface area contributed by atoms with Crippen LogP contribution in [-0.2, 0) is 11.2 Å². The predicted octanol–water partition coefficient (Wildman–Crippen LogP) is 4.40. The standard InChI is InChI=1S/C20H20N4O3/c1-2-3-4-15-5-7-18(8-6-15)23-20(25)16(13-21)14-22-17-9-11-19(12-10-17)24(26)27/h5-12,14,22H,2-4H2,1H3,(H,23,25)/b16-14-. The van der Waals surface area contributed by atoms with Crippen molar-refractivity contribution in [2.24, 2.45) is 0 Å². The Morgan fingerprint density at radius 3 is 2.33 bits per heavy atom. The van der Waals surface area contributed by atoms with E-state index in [-0.39, 0.29) is 11.3 Å². The van der Waals surface area contributed by atoms with E-state index in [1.807, 2.05) is 30.3 Å². The van der Waals surface area contributed by atoms with Crippen LogP contribution in [-0.4, -0.2) is 10.8 Å². The van der Waals surface area contributed by atoms with Crippen molar-refractivity contribution in [3.8, 4) is 6.07 Å². The minimum atomic E-state index is -0.534. The molecule has 7 nitrogen and oxygen atoms in total. The summed E-state index contributed by atoms with van der Waals surface area (Å²) in [5, 5.41) is 25.3. The van der Waals surface area contributed by atoms with Crippen LogP contribution in [0.1, 0.15) is 25.3 Å². The maximum absolute atomic E-state index is 12.2. The molecule has 27 heavy (non-hydrogen) atoms. The molecule has 0 aromatic heterocycles. The van der Waals surface area contributed by atoms with Crippen molar-refractivity contribution in [2.45, 2.75) is 26.2 Å². The number of nitrogens with one attached hydrogen (secondary N) is 2. The Labute approximate surface area is 157 Å². The monoisotopic (exact) mass is 364 g/mol. The number of nitro benzene ring substituents is 1. The Kier molecular flexibility index (Phi) is 7.08. The fraction of sp³-hybridized carbons (Fsp3) is 0.200. The molecule has 2 rings (SSSR count). The third-order valence-electron chi connectivity index (χ3n) is 3.86. The number of non-ortho nitro benzene ring substituents is 1. The number of nitrogens with zero attached hydrogens (tertiary/aromatic N) is 2. The number of benzene rings is 2. The van der Waals surface area contributed by atoms with Crippen LogP contribution < -0.4 is 10.6 Å². The van der Waals surface area contributed by atoms with E-state index in [1.54, 1.807) is 0 Å². The fourth-order valence-electron chi connectivity index (χ4n) is 2.32. The molecule has 0 bridgehead atoms. The van der Waals surface area contributed by atoms with Crippen molar-refractivity contribution in [3.63, 3.8) is 0 Å². The van der Waals surface area contributed by atoms with Crippen molar-refractivity contribution in [1.29, 1.82) is 5.26 Å². The summed E-state index contributed by atoms with van der Waals surface area (Å²) < 4.78 is 0. The first-order valence-electron chi connectivity index (χ1n) is 8.55. The van der Waals surface area contributed by atoms with Crippen molar-refractivity contribution in [1.82, 2.24) is 0 Å². The number of hydrogen-bond donors (Lipinski definition) is 2. The van der Waals surface area contributed by atoms with Gasteiger partial charge in [0, 0.05) is 29.7 Å². The number of nitriles is 1. The molecule has 0 aliphatic heterocycles.